The lowest BCUT2D eigenvalue weighted by atomic mass is 10.0. The Balaban J connectivity index is 2.27. The first kappa shape index (κ1) is 12.7. The normalized spacial score (nSPS) is 18.0. The maximum absolute atomic E-state index is 12.0. The molecule has 18 heavy (non-hydrogen) atoms. The summed E-state index contributed by atoms with van der Waals surface area (Å²) in [6.45, 7) is 6.76. The van der Waals surface area contributed by atoms with E-state index in [-0.39, 0.29) is 17.9 Å². The van der Waals surface area contributed by atoms with Gasteiger partial charge in [0.05, 0.1) is 12.3 Å². The number of carbonyl (C=O) groups is 1. The van der Waals surface area contributed by atoms with Gasteiger partial charge >= 0.3 is 0 Å². The van der Waals surface area contributed by atoms with Crippen molar-refractivity contribution in [2.24, 2.45) is 5.92 Å². The zero-order valence-electron chi connectivity index (χ0n) is 11.1. The standard InChI is InChI=1S/C14H20N2O2/c1-4-8-18-11-7-5-6-10-13(11)16-14(17)12(15-10)9(2)3/h5-7,9,12,15H,4,8H2,1-3H3,(H,16,17). The number of ether oxygens (including phenoxy) is 1. The first-order valence-corrected chi connectivity index (χ1v) is 6.46. The van der Waals surface area contributed by atoms with Crippen molar-refractivity contribution in [3.63, 3.8) is 0 Å². The van der Waals surface area contributed by atoms with Crippen LogP contribution < -0.4 is 15.4 Å². The molecule has 2 N–H and O–H groups in total. The Hall–Kier alpha value is -1.71. The molecule has 1 aromatic carbocycles. The first-order chi connectivity index (χ1) is 8.63. The molecule has 4 nitrogen and oxygen atoms in total. The van der Waals surface area contributed by atoms with E-state index in [4.69, 9.17) is 4.74 Å². The third kappa shape index (κ3) is 2.42. The van der Waals surface area contributed by atoms with Gasteiger partial charge in [0.1, 0.15) is 17.5 Å². The monoisotopic (exact) mass is 248 g/mol. The number of para-hydroxylation sites is 1. The molecule has 0 bridgehead atoms. The van der Waals surface area contributed by atoms with Gasteiger partial charge in [-0.2, -0.15) is 0 Å². The van der Waals surface area contributed by atoms with E-state index < -0.39 is 0 Å². The van der Waals surface area contributed by atoms with Gasteiger partial charge in [0.15, 0.2) is 0 Å². The molecule has 98 valence electrons. The summed E-state index contributed by atoms with van der Waals surface area (Å²) in [5.41, 5.74) is 1.69. The van der Waals surface area contributed by atoms with Crippen LogP contribution in [0.3, 0.4) is 0 Å². The zero-order chi connectivity index (χ0) is 13.1. The minimum absolute atomic E-state index is 0.00467. The van der Waals surface area contributed by atoms with Gasteiger partial charge in [0.2, 0.25) is 5.91 Å². The molecular weight excluding hydrogens is 228 g/mol. The molecule has 4 heteroatoms. The second-order valence-electron chi connectivity index (χ2n) is 4.88. The molecule has 0 radical (unpaired) electrons. The molecule has 2 rings (SSSR count). The van der Waals surface area contributed by atoms with Crippen LogP contribution in [0.1, 0.15) is 27.2 Å². The van der Waals surface area contributed by atoms with Crippen LogP contribution in [0.4, 0.5) is 11.4 Å². The fourth-order valence-electron chi connectivity index (χ4n) is 2.02. The molecule has 1 unspecified atom stereocenters. The number of rotatable bonds is 4. The van der Waals surface area contributed by atoms with Crippen molar-refractivity contribution in [3.8, 4) is 5.75 Å². The fourth-order valence-corrected chi connectivity index (χ4v) is 2.02. The van der Waals surface area contributed by atoms with E-state index in [2.05, 4.69) is 17.6 Å². The number of amides is 1. The number of hydrogen-bond acceptors (Lipinski definition) is 3. The van der Waals surface area contributed by atoms with Crippen molar-refractivity contribution in [1.82, 2.24) is 0 Å². The Morgan fingerprint density at radius 3 is 2.83 bits per heavy atom. The molecule has 1 aliphatic heterocycles. The lowest BCUT2D eigenvalue weighted by Crippen LogP contribution is -2.42. The van der Waals surface area contributed by atoms with Crippen molar-refractivity contribution < 1.29 is 9.53 Å². The Bertz CT molecular complexity index is 443. The van der Waals surface area contributed by atoms with Gasteiger partial charge in [-0.15, -0.1) is 0 Å². The number of nitrogens with one attached hydrogen (secondary N) is 2. The van der Waals surface area contributed by atoms with Crippen LogP contribution in [-0.4, -0.2) is 18.6 Å². The van der Waals surface area contributed by atoms with Crippen LogP contribution in [0.5, 0.6) is 5.75 Å². The molecule has 1 aliphatic rings. The quantitative estimate of drug-likeness (QED) is 0.861. The topological polar surface area (TPSA) is 50.4 Å². The average Bonchev–Trinajstić information content (AvgIpc) is 2.35. The number of anilines is 2. The molecule has 1 aromatic rings. The maximum atomic E-state index is 12.0. The Labute approximate surface area is 108 Å². The predicted octanol–water partition coefficient (Wildman–Crippen LogP) is 2.86. The molecule has 0 aliphatic carbocycles. The second-order valence-corrected chi connectivity index (χ2v) is 4.88. The highest BCUT2D eigenvalue weighted by atomic mass is 16.5. The van der Waals surface area contributed by atoms with Crippen molar-refractivity contribution in [1.29, 1.82) is 0 Å². The Morgan fingerprint density at radius 2 is 2.17 bits per heavy atom. The van der Waals surface area contributed by atoms with Gasteiger partial charge in [0, 0.05) is 0 Å². The van der Waals surface area contributed by atoms with Crippen LogP contribution in [0.25, 0.3) is 0 Å². The number of carbonyl (C=O) groups excluding carboxylic acids is 1. The summed E-state index contributed by atoms with van der Waals surface area (Å²) in [5.74, 6) is 0.987. The van der Waals surface area contributed by atoms with Crippen molar-refractivity contribution >= 4 is 17.3 Å². The lowest BCUT2D eigenvalue weighted by Gasteiger charge is -2.30. The third-order valence-corrected chi connectivity index (χ3v) is 3.00. The van der Waals surface area contributed by atoms with E-state index in [9.17, 15) is 4.79 Å². The SMILES string of the molecule is CCCOc1cccc2c1NC(=O)C(C(C)C)N2. The van der Waals surface area contributed by atoms with Gasteiger partial charge in [-0.1, -0.05) is 26.8 Å². The highest BCUT2D eigenvalue weighted by Gasteiger charge is 2.29. The fraction of sp³-hybridized carbons (Fsp3) is 0.500. The summed E-state index contributed by atoms with van der Waals surface area (Å²) in [7, 11) is 0. The summed E-state index contributed by atoms with van der Waals surface area (Å²) in [5, 5.41) is 6.21. The molecular formula is C14H20N2O2. The van der Waals surface area contributed by atoms with Crippen LogP contribution in [0.15, 0.2) is 18.2 Å². The molecule has 0 saturated carbocycles. The third-order valence-electron chi connectivity index (χ3n) is 3.00. The van der Waals surface area contributed by atoms with Crippen molar-refractivity contribution in [2.45, 2.75) is 33.2 Å². The molecule has 1 atom stereocenters. The highest BCUT2D eigenvalue weighted by Crippen LogP contribution is 2.36. The van der Waals surface area contributed by atoms with Gasteiger partial charge in [0.25, 0.3) is 0 Å². The molecule has 0 fully saturated rings. The number of fused-ring (bicyclic) bond motifs is 1. The van der Waals surface area contributed by atoms with E-state index >= 15 is 0 Å². The van der Waals surface area contributed by atoms with Gasteiger partial charge in [-0.25, -0.2) is 0 Å². The van der Waals surface area contributed by atoms with Gasteiger partial charge in [-0.3, -0.25) is 4.79 Å². The smallest absolute Gasteiger partial charge is 0.247 e. The largest absolute Gasteiger partial charge is 0.491 e. The Morgan fingerprint density at radius 1 is 1.39 bits per heavy atom. The summed E-state index contributed by atoms with van der Waals surface area (Å²) < 4.78 is 5.64. The maximum Gasteiger partial charge on any atom is 0.247 e. The van der Waals surface area contributed by atoms with Crippen LogP contribution in [0.2, 0.25) is 0 Å². The summed E-state index contributed by atoms with van der Waals surface area (Å²) in [6, 6.07) is 5.60. The first-order valence-electron chi connectivity index (χ1n) is 6.46. The van der Waals surface area contributed by atoms with Crippen molar-refractivity contribution in [2.75, 3.05) is 17.2 Å². The van der Waals surface area contributed by atoms with Gasteiger partial charge in [-0.05, 0) is 24.5 Å². The minimum Gasteiger partial charge on any atom is -0.491 e. The molecule has 0 aromatic heterocycles. The second kappa shape index (κ2) is 5.29. The zero-order valence-corrected chi connectivity index (χ0v) is 11.1. The van der Waals surface area contributed by atoms with E-state index in [1.807, 2.05) is 32.0 Å². The molecule has 0 saturated heterocycles. The summed E-state index contributed by atoms with van der Waals surface area (Å²) in [4.78, 5) is 12.0. The lowest BCUT2D eigenvalue weighted by molar-refractivity contribution is -0.117. The molecule has 1 amide bonds. The van der Waals surface area contributed by atoms with E-state index in [0.29, 0.717) is 6.61 Å². The predicted molar refractivity (Wildman–Crippen MR) is 73.1 cm³/mol. The average molecular weight is 248 g/mol. The van der Waals surface area contributed by atoms with Crippen LogP contribution in [-0.2, 0) is 4.79 Å². The number of hydrogen-bond donors (Lipinski definition) is 2. The minimum atomic E-state index is -0.182. The van der Waals surface area contributed by atoms with E-state index in [1.54, 1.807) is 0 Å². The summed E-state index contributed by atoms with van der Waals surface area (Å²) in [6.07, 6.45) is 0.944. The molecule has 0 spiro atoms. The summed E-state index contributed by atoms with van der Waals surface area (Å²) >= 11 is 0. The number of benzene rings is 1. The van der Waals surface area contributed by atoms with E-state index in [1.165, 1.54) is 0 Å². The van der Waals surface area contributed by atoms with Crippen molar-refractivity contribution in [3.05, 3.63) is 18.2 Å². The van der Waals surface area contributed by atoms with E-state index in [0.717, 1.165) is 23.5 Å². The van der Waals surface area contributed by atoms with Crippen LogP contribution in [0, 0.1) is 5.92 Å². The Kier molecular flexibility index (Phi) is 3.75. The van der Waals surface area contributed by atoms with Crippen LogP contribution >= 0.6 is 0 Å². The molecule has 1 heterocycles. The van der Waals surface area contributed by atoms with Gasteiger partial charge < -0.3 is 15.4 Å². The highest BCUT2D eigenvalue weighted by molar-refractivity contribution is 6.04.